The lowest BCUT2D eigenvalue weighted by Gasteiger charge is -2.03. The van der Waals surface area contributed by atoms with Gasteiger partial charge in [0.1, 0.15) is 11.8 Å². The summed E-state index contributed by atoms with van der Waals surface area (Å²) >= 11 is 0. The van der Waals surface area contributed by atoms with Crippen LogP contribution in [0.3, 0.4) is 0 Å². The highest BCUT2D eigenvalue weighted by molar-refractivity contribution is 5.91. The van der Waals surface area contributed by atoms with E-state index in [2.05, 4.69) is 14.9 Å². The topological polar surface area (TPSA) is 102 Å². The number of rotatable bonds is 3. The molecule has 1 aliphatic carbocycles. The van der Waals surface area contributed by atoms with Gasteiger partial charge in [-0.2, -0.15) is 0 Å². The van der Waals surface area contributed by atoms with Crippen molar-refractivity contribution in [1.29, 1.82) is 0 Å². The van der Waals surface area contributed by atoms with Crippen molar-refractivity contribution in [3.05, 3.63) is 11.4 Å². The predicted octanol–water partition coefficient (Wildman–Crippen LogP) is -0.388. The maximum atomic E-state index is 10.8. The van der Waals surface area contributed by atoms with E-state index >= 15 is 0 Å². The molecule has 0 aliphatic heterocycles. The average molecular weight is 183 g/mol. The lowest BCUT2D eigenvalue weighted by molar-refractivity contribution is 0.0981. The van der Waals surface area contributed by atoms with Crippen molar-refractivity contribution < 1.29 is 14.5 Å². The van der Waals surface area contributed by atoms with Crippen molar-refractivity contribution in [2.45, 2.75) is 18.9 Å². The molecule has 70 valence electrons. The number of hydrogen-bond acceptors (Lipinski definition) is 5. The Morgan fingerprint density at radius 3 is 2.85 bits per heavy atom. The van der Waals surface area contributed by atoms with Gasteiger partial charge in [-0.05, 0) is 23.9 Å². The molecule has 0 spiro atoms. The van der Waals surface area contributed by atoms with Crippen molar-refractivity contribution in [2.24, 2.45) is 11.7 Å². The minimum atomic E-state index is -0.770. The van der Waals surface area contributed by atoms with E-state index < -0.39 is 12.0 Å². The van der Waals surface area contributed by atoms with Gasteiger partial charge in [0.25, 0.3) is 5.91 Å². The Kier molecular flexibility index (Phi) is 1.77. The summed E-state index contributed by atoms with van der Waals surface area (Å²) < 4.78 is 4.35. The second-order valence-electron chi connectivity index (χ2n) is 3.14. The maximum absolute atomic E-state index is 10.8. The lowest BCUT2D eigenvalue weighted by Crippen LogP contribution is -2.16. The Labute approximate surface area is 73.7 Å². The molecule has 3 N–H and O–H groups in total. The Balaban J connectivity index is 2.27. The summed E-state index contributed by atoms with van der Waals surface area (Å²) in [6.07, 6.45) is 1.10. The van der Waals surface area contributed by atoms with E-state index in [4.69, 9.17) is 5.73 Å². The van der Waals surface area contributed by atoms with Crippen LogP contribution in [-0.4, -0.2) is 21.3 Å². The maximum Gasteiger partial charge on any atom is 0.273 e. The van der Waals surface area contributed by atoms with Gasteiger partial charge in [0.05, 0.1) is 0 Å². The first-order valence-electron chi connectivity index (χ1n) is 4.00. The van der Waals surface area contributed by atoms with Gasteiger partial charge in [-0.25, -0.2) is 4.63 Å². The molecule has 0 bridgehead atoms. The summed E-state index contributed by atoms with van der Waals surface area (Å²) in [5.74, 6) is -0.555. The minimum Gasteiger partial charge on any atom is -0.386 e. The van der Waals surface area contributed by atoms with E-state index in [1.165, 1.54) is 0 Å². The summed E-state index contributed by atoms with van der Waals surface area (Å²) in [5, 5.41) is 16.4. The number of aromatic nitrogens is 2. The van der Waals surface area contributed by atoms with Crippen molar-refractivity contribution >= 4 is 5.91 Å². The van der Waals surface area contributed by atoms with E-state index in [0.29, 0.717) is 0 Å². The van der Waals surface area contributed by atoms with Crippen LogP contribution in [0.15, 0.2) is 4.63 Å². The van der Waals surface area contributed by atoms with E-state index in [1.54, 1.807) is 0 Å². The van der Waals surface area contributed by atoms with E-state index in [9.17, 15) is 9.90 Å². The average Bonchev–Trinajstić information content (AvgIpc) is 2.80. The van der Waals surface area contributed by atoms with Crippen molar-refractivity contribution in [1.82, 2.24) is 10.3 Å². The van der Waals surface area contributed by atoms with Gasteiger partial charge in [-0.15, -0.1) is 0 Å². The van der Waals surface area contributed by atoms with Crippen LogP contribution in [-0.2, 0) is 0 Å². The van der Waals surface area contributed by atoms with Crippen LogP contribution in [0.2, 0.25) is 0 Å². The zero-order chi connectivity index (χ0) is 9.42. The fourth-order valence-corrected chi connectivity index (χ4v) is 1.20. The first-order valence-corrected chi connectivity index (χ1v) is 4.00. The lowest BCUT2D eigenvalue weighted by atomic mass is 10.1. The molecule has 1 atom stereocenters. The van der Waals surface area contributed by atoms with Gasteiger partial charge in [0.15, 0.2) is 5.69 Å². The third kappa shape index (κ3) is 1.40. The number of carbonyl (C=O) groups is 1. The summed E-state index contributed by atoms with van der Waals surface area (Å²) in [7, 11) is 0. The summed E-state index contributed by atoms with van der Waals surface area (Å²) in [6.45, 7) is 0. The smallest absolute Gasteiger partial charge is 0.273 e. The highest BCUT2D eigenvalue weighted by Gasteiger charge is 2.35. The largest absolute Gasteiger partial charge is 0.386 e. The van der Waals surface area contributed by atoms with Crippen molar-refractivity contribution in [2.75, 3.05) is 0 Å². The highest BCUT2D eigenvalue weighted by Crippen LogP contribution is 2.40. The molecule has 1 aromatic heterocycles. The molecule has 0 radical (unpaired) electrons. The second kappa shape index (κ2) is 2.81. The highest BCUT2D eigenvalue weighted by atomic mass is 16.6. The van der Waals surface area contributed by atoms with Gasteiger partial charge < -0.3 is 10.8 Å². The Morgan fingerprint density at radius 2 is 2.31 bits per heavy atom. The fourth-order valence-electron chi connectivity index (χ4n) is 1.20. The second-order valence-corrected chi connectivity index (χ2v) is 3.14. The number of aliphatic hydroxyl groups excluding tert-OH is 1. The molecular formula is C7H9N3O3. The molecule has 2 rings (SSSR count). The third-order valence-corrected chi connectivity index (χ3v) is 2.10. The Hall–Kier alpha value is -1.43. The quantitative estimate of drug-likeness (QED) is 0.664. The number of aliphatic hydroxyl groups is 1. The van der Waals surface area contributed by atoms with Crippen LogP contribution < -0.4 is 5.73 Å². The fraction of sp³-hybridized carbons (Fsp3) is 0.571. The van der Waals surface area contributed by atoms with Gasteiger partial charge in [-0.1, -0.05) is 5.16 Å². The molecule has 1 heterocycles. The summed E-state index contributed by atoms with van der Waals surface area (Å²) in [4.78, 5) is 10.8. The molecule has 1 aliphatic rings. The number of nitrogens with zero attached hydrogens (tertiary/aromatic N) is 2. The number of primary amides is 1. The van der Waals surface area contributed by atoms with Crippen molar-refractivity contribution in [3.63, 3.8) is 0 Å². The standard InChI is InChI=1S/C7H9N3O3/c8-7(12)5-4(9-13-10-5)6(11)3-1-2-3/h3,6,11H,1-2H2,(H2,8,12)/t6-/m1/s1. The molecule has 1 fully saturated rings. The van der Waals surface area contributed by atoms with Crippen LogP contribution in [0.4, 0.5) is 0 Å². The van der Waals surface area contributed by atoms with Gasteiger partial charge in [-0.3, -0.25) is 4.79 Å². The van der Waals surface area contributed by atoms with Gasteiger partial charge in [0, 0.05) is 0 Å². The first-order chi connectivity index (χ1) is 6.20. The van der Waals surface area contributed by atoms with Gasteiger partial charge in [0.2, 0.25) is 0 Å². The van der Waals surface area contributed by atoms with E-state index in [0.717, 1.165) is 12.8 Å². The molecule has 6 heteroatoms. The molecule has 1 aromatic rings. The summed E-state index contributed by atoms with van der Waals surface area (Å²) in [5.41, 5.74) is 5.10. The molecule has 1 saturated carbocycles. The van der Waals surface area contributed by atoms with Crippen LogP contribution in [0.5, 0.6) is 0 Å². The Bertz CT molecular complexity index is 331. The summed E-state index contributed by atoms with van der Waals surface area (Å²) in [6, 6.07) is 0. The minimum absolute atomic E-state index is 0.0700. The number of carbonyl (C=O) groups excluding carboxylic acids is 1. The number of hydrogen-bond donors (Lipinski definition) is 2. The van der Waals surface area contributed by atoms with E-state index in [-0.39, 0.29) is 17.3 Å². The van der Waals surface area contributed by atoms with Crippen LogP contribution in [0.25, 0.3) is 0 Å². The van der Waals surface area contributed by atoms with Crippen LogP contribution in [0.1, 0.15) is 35.1 Å². The van der Waals surface area contributed by atoms with Gasteiger partial charge >= 0.3 is 0 Å². The first kappa shape index (κ1) is 8.18. The zero-order valence-electron chi connectivity index (χ0n) is 6.80. The zero-order valence-corrected chi connectivity index (χ0v) is 6.80. The molecule has 6 nitrogen and oxygen atoms in total. The molecule has 1 amide bonds. The van der Waals surface area contributed by atoms with Crippen molar-refractivity contribution in [3.8, 4) is 0 Å². The molecular weight excluding hydrogens is 174 g/mol. The normalized spacial score (nSPS) is 18.5. The SMILES string of the molecule is NC(=O)c1nonc1[C@H](O)C1CC1. The van der Waals surface area contributed by atoms with Crippen LogP contribution in [0, 0.1) is 5.92 Å². The molecule has 0 saturated heterocycles. The number of nitrogens with two attached hydrogens (primary N) is 1. The van der Waals surface area contributed by atoms with E-state index in [1.807, 2.05) is 0 Å². The molecule has 13 heavy (non-hydrogen) atoms. The van der Waals surface area contributed by atoms with Crippen LogP contribution >= 0.6 is 0 Å². The monoisotopic (exact) mass is 183 g/mol. The molecule has 0 aromatic carbocycles. The molecule has 0 unspecified atom stereocenters. The third-order valence-electron chi connectivity index (χ3n) is 2.10. The predicted molar refractivity (Wildman–Crippen MR) is 40.5 cm³/mol. The number of amides is 1. The Morgan fingerprint density at radius 1 is 1.62 bits per heavy atom.